The molecule has 150 valence electrons. The van der Waals surface area contributed by atoms with Crippen molar-refractivity contribution in [2.75, 3.05) is 37.7 Å². The highest BCUT2D eigenvalue weighted by Gasteiger charge is 2.31. The molecule has 29 heavy (non-hydrogen) atoms. The van der Waals surface area contributed by atoms with E-state index in [0.717, 1.165) is 31.6 Å². The summed E-state index contributed by atoms with van der Waals surface area (Å²) in [6.45, 7) is 5.12. The Morgan fingerprint density at radius 2 is 2.07 bits per heavy atom. The summed E-state index contributed by atoms with van der Waals surface area (Å²) in [7, 11) is 0. The van der Waals surface area contributed by atoms with Crippen molar-refractivity contribution >= 4 is 23.5 Å². The molecule has 5 rings (SSSR count). The van der Waals surface area contributed by atoms with Crippen LogP contribution < -0.4 is 9.64 Å². The van der Waals surface area contributed by atoms with Crippen molar-refractivity contribution < 1.29 is 14.3 Å². The van der Waals surface area contributed by atoms with Gasteiger partial charge < -0.3 is 14.5 Å². The number of nitrogens with zero attached hydrogens (tertiary/aromatic N) is 5. The average molecular weight is 393 g/mol. The Morgan fingerprint density at radius 3 is 2.90 bits per heavy atom. The van der Waals surface area contributed by atoms with Crippen molar-refractivity contribution in [1.82, 2.24) is 14.8 Å². The van der Waals surface area contributed by atoms with Crippen molar-refractivity contribution in [3.8, 4) is 5.75 Å². The molecule has 5 heterocycles. The zero-order valence-corrected chi connectivity index (χ0v) is 16.4. The van der Waals surface area contributed by atoms with E-state index in [9.17, 15) is 9.59 Å². The molecule has 0 saturated carbocycles. The molecule has 0 N–H and O–H groups in total. The van der Waals surface area contributed by atoms with Crippen LogP contribution in [0.25, 0.3) is 0 Å². The molecule has 0 aromatic carbocycles. The number of allylic oxidation sites excluding steroid dienone is 1. The summed E-state index contributed by atoms with van der Waals surface area (Å²) in [5, 5.41) is 0. The highest BCUT2D eigenvalue weighted by molar-refractivity contribution is 6.09. The number of amidine groups is 1. The third-order valence-corrected chi connectivity index (χ3v) is 5.72. The topological polar surface area (TPSA) is 78.3 Å². The number of pyridine rings is 1. The molecule has 1 fully saturated rings. The van der Waals surface area contributed by atoms with Gasteiger partial charge in [0.05, 0.1) is 24.6 Å². The van der Waals surface area contributed by atoms with Gasteiger partial charge in [-0.1, -0.05) is 6.92 Å². The SMILES string of the molecule is C[C@@H]1CN=C2C=C(N3CCOc4cc(C(=O)N5CCCC5)cnc43)C=CN2C1=O. The van der Waals surface area contributed by atoms with Crippen LogP contribution in [0.2, 0.25) is 0 Å². The van der Waals surface area contributed by atoms with Crippen LogP contribution in [0.5, 0.6) is 5.75 Å². The maximum Gasteiger partial charge on any atom is 0.255 e. The number of fused-ring (bicyclic) bond motifs is 2. The van der Waals surface area contributed by atoms with Gasteiger partial charge in [0.25, 0.3) is 5.91 Å². The largest absolute Gasteiger partial charge is 0.488 e. The van der Waals surface area contributed by atoms with E-state index >= 15 is 0 Å². The number of aromatic nitrogens is 1. The lowest BCUT2D eigenvalue weighted by Gasteiger charge is -2.34. The van der Waals surface area contributed by atoms with Crippen molar-refractivity contribution in [2.24, 2.45) is 10.9 Å². The highest BCUT2D eigenvalue weighted by Crippen LogP contribution is 2.34. The molecule has 0 bridgehead atoms. The second-order valence-electron chi connectivity index (χ2n) is 7.74. The standard InChI is InChI=1S/C21H23N5O3/c1-14-12-22-18-11-16(4-7-26(18)20(14)27)25-8-9-29-17-10-15(13-23-19(17)25)21(28)24-5-2-3-6-24/h4,7,10-11,13-14H,2-3,5-6,8-9,12H2,1H3/t14-/m1/s1. The van der Waals surface area contributed by atoms with E-state index in [4.69, 9.17) is 4.74 Å². The minimum atomic E-state index is -0.101. The molecule has 1 saturated heterocycles. The minimum absolute atomic E-state index is 0.00939. The van der Waals surface area contributed by atoms with Crippen molar-refractivity contribution in [1.29, 1.82) is 0 Å². The van der Waals surface area contributed by atoms with Gasteiger partial charge in [0.15, 0.2) is 11.6 Å². The number of carbonyl (C=O) groups is 2. The second kappa shape index (κ2) is 7.02. The number of ether oxygens (including phenoxy) is 1. The van der Waals surface area contributed by atoms with E-state index in [-0.39, 0.29) is 17.7 Å². The van der Waals surface area contributed by atoms with Crippen LogP contribution in [0, 0.1) is 5.92 Å². The molecule has 1 aromatic heterocycles. The summed E-state index contributed by atoms with van der Waals surface area (Å²) in [5.41, 5.74) is 1.46. The normalized spacial score (nSPS) is 23.3. The number of anilines is 1. The molecule has 8 nitrogen and oxygen atoms in total. The van der Waals surface area contributed by atoms with Crippen LogP contribution in [0.3, 0.4) is 0 Å². The molecule has 0 unspecified atom stereocenters. The third kappa shape index (κ3) is 3.08. The zero-order chi connectivity index (χ0) is 20.0. The molecule has 0 aliphatic carbocycles. The molecule has 1 atom stereocenters. The van der Waals surface area contributed by atoms with Gasteiger partial charge >= 0.3 is 0 Å². The van der Waals surface area contributed by atoms with E-state index in [1.807, 2.05) is 28.9 Å². The van der Waals surface area contributed by atoms with Gasteiger partial charge in [-0.15, -0.1) is 0 Å². The van der Waals surface area contributed by atoms with Gasteiger partial charge in [0, 0.05) is 37.3 Å². The fourth-order valence-electron chi connectivity index (χ4n) is 4.07. The third-order valence-electron chi connectivity index (χ3n) is 5.72. The van der Waals surface area contributed by atoms with Crippen LogP contribution in [-0.2, 0) is 4.79 Å². The van der Waals surface area contributed by atoms with E-state index in [2.05, 4.69) is 9.98 Å². The van der Waals surface area contributed by atoms with Crippen LogP contribution in [0.4, 0.5) is 5.82 Å². The quantitative estimate of drug-likeness (QED) is 0.766. The fraction of sp³-hybridized carbons (Fsp3) is 0.429. The monoisotopic (exact) mass is 393 g/mol. The summed E-state index contributed by atoms with van der Waals surface area (Å²) in [6.07, 6.45) is 9.31. The number of rotatable bonds is 2. The van der Waals surface area contributed by atoms with Crippen LogP contribution in [0.15, 0.2) is 41.3 Å². The summed E-state index contributed by atoms with van der Waals surface area (Å²) >= 11 is 0. The first kappa shape index (κ1) is 17.9. The maximum absolute atomic E-state index is 12.7. The number of amides is 2. The first-order chi connectivity index (χ1) is 14.1. The van der Waals surface area contributed by atoms with Gasteiger partial charge in [-0.25, -0.2) is 4.98 Å². The molecule has 4 aliphatic rings. The Balaban J connectivity index is 1.43. The van der Waals surface area contributed by atoms with Crippen LogP contribution in [0.1, 0.15) is 30.1 Å². The first-order valence-corrected chi connectivity index (χ1v) is 10.1. The van der Waals surface area contributed by atoms with Gasteiger partial charge in [0.1, 0.15) is 12.4 Å². The van der Waals surface area contributed by atoms with Gasteiger partial charge in [0.2, 0.25) is 5.91 Å². The molecule has 0 radical (unpaired) electrons. The van der Waals surface area contributed by atoms with Crippen molar-refractivity contribution in [3.63, 3.8) is 0 Å². The second-order valence-corrected chi connectivity index (χ2v) is 7.74. The minimum Gasteiger partial charge on any atom is -0.488 e. The summed E-state index contributed by atoms with van der Waals surface area (Å²) in [6, 6.07) is 1.79. The molecular weight excluding hydrogens is 370 g/mol. The molecule has 4 aliphatic heterocycles. The first-order valence-electron chi connectivity index (χ1n) is 10.1. The van der Waals surface area contributed by atoms with Crippen molar-refractivity contribution in [2.45, 2.75) is 19.8 Å². The molecular formula is C21H23N5O3. The molecule has 0 spiro atoms. The number of carbonyl (C=O) groups excluding carboxylic acids is 2. The Bertz CT molecular complexity index is 961. The van der Waals surface area contributed by atoms with E-state index in [1.54, 1.807) is 23.4 Å². The number of hydrogen-bond acceptors (Lipinski definition) is 6. The molecule has 1 aromatic rings. The fourth-order valence-corrected chi connectivity index (χ4v) is 4.07. The number of hydrogen-bond donors (Lipinski definition) is 0. The smallest absolute Gasteiger partial charge is 0.255 e. The van der Waals surface area contributed by atoms with Gasteiger partial charge in [-0.3, -0.25) is 19.5 Å². The Morgan fingerprint density at radius 1 is 1.24 bits per heavy atom. The number of likely N-dealkylation sites (tertiary alicyclic amines) is 1. The Kier molecular flexibility index (Phi) is 4.34. The Hall–Kier alpha value is -3.16. The van der Waals surface area contributed by atoms with E-state index in [0.29, 0.717) is 42.7 Å². The lowest BCUT2D eigenvalue weighted by Crippen LogP contribution is -2.43. The predicted molar refractivity (Wildman–Crippen MR) is 108 cm³/mol. The summed E-state index contributed by atoms with van der Waals surface area (Å²) < 4.78 is 5.81. The average Bonchev–Trinajstić information content (AvgIpc) is 3.30. The zero-order valence-electron chi connectivity index (χ0n) is 16.4. The molecule has 8 heteroatoms. The highest BCUT2D eigenvalue weighted by atomic mass is 16.5. The van der Waals surface area contributed by atoms with Crippen molar-refractivity contribution in [3.05, 3.63) is 41.9 Å². The summed E-state index contributed by atoms with van der Waals surface area (Å²) in [4.78, 5) is 39.6. The molecule has 2 amide bonds. The van der Waals surface area contributed by atoms with Gasteiger partial charge in [-0.05, 0) is 25.0 Å². The number of aliphatic imine (C=N–C) groups is 1. The van der Waals surface area contributed by atoms with Gasteiger partial charge in [-0.2, -0.15) is 0 Å². The van der Waals surface area contributed by atoms with E-state index in [1.165, 1.54) is 0 Å². The lowest BCUT2D eigenvalue weighted by molar-refractivity contribution is -0.129. The lowest BCUT2D eigenvalue weighted by atomic mass is 10.1. The maximum atomic E-state index is 12.7. The van der Waals surface area contributed by atoms with E-state index < -0.39 is 0 Å². The predicted octanol–water partition coefficient (Wildman–Crippen LogP) is 1.80. The van der Waals surface area contributed by atoms with Crippen LogP contribution >= 0.6 is 0 Å². The van der Waals surface area contributed by atoms with Crippen LogP contribution in [-0.4, -0.2) is 65.2 Å². The Labute approximate surface area is 169 Å². The summed E-state index contributed by atoms with van der Waals surface area (Å²) in [5.74, 6) is 1.90.